The number of hydrogen-bond acceptors (Lipinski definition) is 4. The van der Waals surface area contributed by atoms with Crippen LogP contribution in [-0.2, 0) is 16.6 Å². The molecule has 0 aliphatic heterocycles. The molecule has 0 spiro atoms. The number of nitrogens with zero attached hydrogens (tertiary/aromatic N) is 1. The predicted octanol–water partition coefficient (Wildman–Crippen LogP) is 4.11. The second-order valence-corrected chi connectivity index (χ2v) is 9.10. The van der Waals surface area contributed by atoms with Crippen molar-refractivity contribution in [3.05, 3.63) is 94.8 Å². The van der Waals surface area contributed by atoms with Gasteiger partial charge in [-0.1, -0.05) is 54.1 Å². The van der Waals surface area contributed by atoms with E-state index in [9.17, 15) is 17.6 Å². The smallest absolute Gasteiger partial charge is 0.253 e. The van der Waals surface area contributed by atoms with Gasteiger partial charge in [0, 0.05) is 19.2 Å². The third-order valence-electron chi connectivity index (χ3n) is 4.64. The standard InChI is InChI=1S/C23H22ClFN2O4S/c1-27(13-14-31-21-10-6-5-9-20(21)25)23(28)18-11-12-19(24)22(15-18)32(29,30)26-16-17-7-3-2-4-8-17/h2-12,15,26H,13-14,16H2,1H3. The fraction of sp³-hybridized carbons (Fsp3) is 0.174. The highest BCUT2D eigenvalue weighted by Crippen LogP contribution is 2.23. The van der Waals surface area contributed by atoms with Gasteiger partial charge in [-0.2, -0.15) is 0 Å². The molecule has 0 saturated heterocycles. The van der Waals surface area contributed by atoms with E-state index in [0.717, 1.165) is 5.56 Å². The maximum absolute atomic E-state index is 13.6. The van der Waals surface area contributed by atoms with Gasteiger partial charge in [-0.3, -0.25) is 4.79 Å². The molecule has 0 saturated carbocycles. The third kappa shape index (κ3) is 6.06. The molecular weight excluding hydrogens is 455 g/mol. The van der Waals surface area contributed by atoms with E-state index in [4.69, 9.17) is 16.3 Å². The summed E-state index contributed by atoms with van der Waals surface area (Å²) in [6, 6.07) is 19.1. The number of para-hydroxylation sites is 1. The van der Waals surface area contributed by atoms with Crippen LogP contribution in [0.25, 0.3) is 0 Å². The molecule has 0 radical (unpaired) electrons. The highest BCUT2D eigenvalue weighted by Gasteiger charge is 2.21. The molecule has 6 nitrogen and oxygen atoms in total. The zero-order valence-corrected chi connectivity index (χ0v) is 18.9. The van der Waals surface area contributed by atoms with Crippen LogP contribution < -0.4 is 9.46 Å². The number of nitrogens with one attached hydrogen (secondary N) is 1. The fourth-order valence-electron chi connectivity index (χ4n) is 2.87. The zero-order chi connectivity index (χ0) is 23.1. The molecule has 3 aromatic rings. The maximum atomic E-state index is 13.6. The lowest BCUT2D eigenvalue weighted by atomic mass is 10.2. The molecule has 9 heteroatoms. The highest BCUT2D eigenvalue weighted by molar-refractivity contribution is 7.89. The maximum Gasteiger partial charge on any atom is 0.253 e. The molecule has 1 N–H and O–H groups in total. The average Bonchev–Trinajstić information content (AvgIpc) is 2.79. The highest BCUT2D eigenvalue weighted by atomic mass is 35.5. The molecule has 32 heavy (non-hydrogen) atoms. The van der Waals surface area contributed by atoms with Gasteiger partial charge >= 0.3 is 0 Å². The SMILES string of the molecule is CN(CCOc1ccccc1F)C(=O)c1ccc(Cl)c(S(=O)(=O)NCc2ccccc2)c1. The molecule has 3 aromatic carbocycles. The average molecular weight is 477 g/mol. The van der Waals surface area contributed by atoms with Gasteiger partial charge in [-0.05, 0) is 35.9 Å². The summed E-state index contributed by atoms with van der Waals surface area (Å²) in [6.45, 7) is 0.329. The van der Waals surface area contributed by atoms with Crippen molar-refractivity contribution in [1.82, 2.24) is 9.62 Å². The molecular formula is C23H22ClFN2O4S. The van der Waals surface area contributed by atoms with Crippen molar-refractivity contribution in [1.29, 1.82) is 0 Å². The van der Waals surface area contributed by atoms with Crippen LogP contribution in [0, 0.1) is 5.82 Å². The lowest BCUT2D eigenvalue weighted by molar-refractivity contribution is 0.0772. The van der Waals surface area contributed by atoms with Crippen LogP contribution in [0.15, 0.2) is 77.7 Å². The second kappa shape index (κ2) is 10.6. The molecule has 0 unspecified atom stereocenters. The zero-order valence-electron chi connectivity index (χ0n) is 17.3. The van der Waals surface area contributed by atoms with Crippen LogP contribution in [0.1, 0.15) is 15.9 Å². The first-order valence-corrected chi connectivity index (χ1v) is 11.6. The summed E-state index contributed by atoms with van der Waals surface area (Å²) in [6.07, 6.45) is 0. The second-order valence-electron chi connectivity index (χ2n) is 6.96. The quantitative estimate of drug-likeness (QED) is 0.504. The molecule has 168 valence electrons. The number of carbonyl (C=O) groups excluding carboxylic acids is 1. The van der Waals surface area contributed by atoms with Crippen LogP contribution in [0.3, 0.4) is 0 Å². The van der Waals surface area contributed by atoms with Gasteiger partial charge < -0.3 is 9.64 Å². The van der Waals surface area contributed by atoms with Gasteiger partial charge in [0.25, 0.3) is 5.91 Å². The summed E-state index contributed by atoms with van der Waals surface area (Å²) < 4.78 is 47.0. The molecule has 0 fully saturated rings. The summed E-state index contributed by atoms with van der Waals surface area (Å²) in [5, 5.41) is 0.00708. The van der Waals surface area contributed by atoms with Crippen molar-refractivity contribution in [2.24, 2.45) is 0 Å². The number of carbonyl (C=O) groups is 1. The number of rotatable bonds is 9. The van der Waals surface area contributed by atoms with Crippen LogP contribution >= 0.6 is 11.6 Å². The molecule has 1 amide bonds. The number of ether oxygens (including phenoxy) is 1. The van der Waals surface area contributed by atoms with E-state index >= 15 is 0 Å². The number of benzene rings is 3. The van der Waals surface area contributed by atoms with E-state index in [2.05, 4.69) is 4.72 Å². The van der Waals surface area contributed by atoms with Crippen molar-refractivity contribution < 1.29 is 22.3 Å². The number of amides is 1. The van der Waals surface area contributed by atoms with Crippen LogP contribution in [0.4, 0.5) is 4.39 Å². The van der Waals surface area contributed by atoms with E-state index in [1.54, 1.807) is 31.3 Å². The first-order valence-electron chi connectivity index (χ1n) is 9.74. The van der Waals surface area contributed by atoms with Crippen molar-refractivity contribution >= 4 is 27.5 Å². The first-order chi connectivity index (χ1) is 15.3. The number of halogens is 2. The van der Waals surface area contributed by atoms with Gasteiger partial charge in [-0.25, -0.2) is 17.5 Å². The van der Waals surface area contributed by atoms with E-state index < -0.39 is 21.7 Å². The van der Waals surface area contributed by atoms with Crippen molar-refractivity contribution in [2.75, 3.05) is 20.2 Å². The summed E-state index contributed by atoms with van der Waals surface area (Å²) in [4.78, 5) is 13.9. The molecule has 0 heterocycles. The number of sulfonamides is 1. The first kappa shape index (κ1) is 23.7. The topological polar surface area (TPSA) is 75.7 Å². The van der Waals surface area contributed by atoms with Crippen LogP contribution in [-0.4, -0.2) is 39.4 Å². The Labute approximate surface area is 191 Å². The largest absolute Gasteiger partial charge is 0.489 e. The Morgan fingerprint density at radius 1 is 1.06 bits per heavy atom. The summed E-state index contributed by atoms with van der Waals surface area (Å²) in [5.41, 5.74) is 0.942. The predicted molar refractivity (Wildman–Crippen MR) is 121 cm³/mol. The van der Waals surface area contributed by atoms with Crippen LogP contribution in [0.2, 0.25) is 5.02 Å². The molecule has 0 atom stereocenters. The van der Waals surface area contributed by atoms with Gasteiger partial charge in [0.15, 0.2) is 11.6 Å². The molecule has 0 bridgehead atoms. The molecule has 3 rings (SSSR count). The van der Waals surface area contributed by atoms with Crippen molar-refractivity contribution in [2.45, 2.75) is 11.4 Å². The van der Waals surface area contributed by atoms with Gasteiger partial charge in [-0.15, -0.1) is 0 Å². The minimum atomic E-state index is -3.95. The van der Waals surface area contributed by atoms with E-state index in [1.807, 2.05) is 18.2 Å². The molecule has 0 aromatic heterocycles. The van der Waals surface area contributed by atoms with Crippen molar-refractivity contribution in [3.8, 4) is 5.75 Å². The number of likely N-dealkylation sites (N-methyl/N-ethyl adjacent to an activating group) is 1. The molecule has 0 aliphatic carbocycles. The monoisotopic (exact) mass is 476 g/mol. The summed E-state index contributed by atoms with van der Waals surface area (Å²) in [5.74, 6) is -0.812. The minimum Gasteiger partial charge on any atom is -0.489 e. The summed E-state index contributed by atoms with van der Waals surface area (Å²) >= 11 is 6.11. The number of hydrogen-bond donors (Lipinski definition) is 1. The van der Waals surface area contributed by atoms with Gasteiger partial charge in [0.2, 0.25) is 10.0 Å². The van der Waals surface area contributed by atoms with Crippen LogP contribution in [0.5, 0.6) is 5.75 Å². The van der Waals surface area contributed by atoms with Gasteiger partial charge in [0.05, 0.1) is 11.6 Å². The van der Waals surface area contributed by atoms with Crippen molar-refractivity contribution in [3.63, 3.8) is 0 Å². The van der Waals surface area contributed by atoms with E-state index in [-0.39, 0.29) is 40.9 Å². The lowest BCUT2D eigenvalue weighted by Gasteiger charge is -2.18. The van der Waals surface area contributed by atoms with Gasteiger partial charge in [0.1, 0.15) is 11.5 Å². The lowest BCUT2D eigenvalue weighted by Crippen LogP contribution is -2.31. The normalized spacial score (nSPS) is 11.2. The Bertz CT molecular complexity index is 1190. The Hall–Kier alpha value is -2.94. The fourth-order valence-corrected chi connectivity index (χ4v) is 4.41. The molecule has 0 aliphatic rings. The Balaban J connectivity index is 1.66. The van der Waals surface area contributed by atoms with E-state index in [0.29, 0.717) is 0 Å². The Morgan fingerprint density at radius 3 is 2.47 bits per heavy atom. The summed E-state index contributed by atoms with van der Waals surface area (Å²) in [7, 11) is -2.40. The third-order valence-corrected chi connectivity index (χ3v) is 6.53. The minimum absolute atomic E-state index is 0.00708. The Morgan fingerprint density at radius 2 is 1.75 bits per heavy atom. The van der Waals surface area contributed by atoms with E-state index in [1.165, 1.54) is 35.2 Å². The Kier molecular flexibility index (Phi) is 7.84.